The predicted molar refractivity (Wildman–Crippen MR) is 84.9 cm³/mol. The maximum atomic E-state index is 5.43. The maximum Gasteiger partial charge on any atom is 0.0354 e. The Hall–Kier alpha value is -2.20. The highest BCUT2D eigenvalue weighted by molar-refractivity contribution is 5.51. The summed E-state index contributed by atoms with van der Waals surface area (Å²) in [5.41, 5.74) is 4.89. The van der Waals surface area contributed by atoms with Crippen LogP contribution in [0.15, 0.2) is 48.5 Å². The molecule has 2 aromatic carbocycles. The molecule has 0 aromatic heterocycles. The van der Waals surface area contributed by atoms with Gasteiger partial charge in [-0.3, -0.25) is 0 Å². The van der Waals surface area contributed by atoms with E-state index in [2.05, 4.69) is 48.5 Å². The summed E-state index contributed by atoms with van der Waals surface area (Å²) < 4.78 is 0. The molecule has 0 amide bonds. The molecule has 3 rings (SSSR count). The third-order valence-corrected chi connectivity index (χ3v) is 4.05. The lowest BCUT2D eigenvalue weighted by atomic mass is 9.75. The van der Waals surface area contributed by atoms with Crippen molar-refractivity contribution < 1.29 is 0 Å². The zero-order valence-electron chi connectivity index (χ0n) is 11.8. The third-order valence-electron chi connectivity index (χ3n) is 4.05. The molecule has 1 fully saturated rings. The highest BCUT2D eigenvalue weighted by Crippen LogP contribution is 2.38. The molecule has 0 spiro atoms. The largest absolute Gasteiger partial charge is 0.382 e. The van der Waals surface area contributed by atoms with Crippen molar-refractivity contribution in [1.82, 2.24) is 0 Å². The first-order valence-corrected chi connectivity index (χ1v) is 7.14. The minimum atomic E-state index is 0.563. The summed E-state index contributed by atoms with van der Waals surface area (Å²) in [7, 11) is 0. The Bertz CT molecular complexity index is 645. The summed E-state index contributed by atoms with van der Waals surface area (Å²) in [5.74, 6) is 3.37. The number of anilines is 1. The van der Waals surface area contributed by atoms with E-state index in [0.717, 1.165) is 11.3 Å². The van der Waals surface area contributed by atoms with Gasteiger partial charge < -0.3 is 5.32 Å². The van der Waals surface area contributed by atoms with Gasteiger partial charge in [-0.25, -0.2) is 0 Å². The molecular weight excluding hydrogens is 242 g/mol. The van der Waals surface area contributed by atoms with Crippen molar-refractivity contribution in [2.24, 2.45) is 0 Å². The Morgan fingerprint density at radius 3 is 2.65 bits per heavy atom. The van der Waals surface area contributed by atoms with Crippen molar-refractivity contribution in [3.63, 3.8) is 0 Å². The first-order valence-electron chi connectivity index (χ1n) is 7.14. The Labute approximate surface area is 121 Å². The minimum absolute atomic E-state index is 0.563. The van der Waals surface area contributed by atoms with E-state index in [9.17, 15) is 0 Å². The van der Waals surface area contributed by atoms with E-state index in [-0.39, 0.29) is 0 Å². The SMILES string of the molecule is C#Cc1cccc(NC2CC(c3cccc(C)c3)C2)c1. The van der Waals surface area contributed by atoms with Crippen LogP contribution >= 0.6 is 0 Å². The van der Waals surface area contributed by atoms with Crippen LogP contribution in [0.5, 0.6) is 0 Å². The van der Waals surface area contributed by atoms with Gasteiger partial charge in [-0.05, 0) is 49.4 Å². The van der Waals surface area contributed by atoms with Crippen LogP contribution in [0.1, 0.15) is 35.4 Å². The zero-order valence-corrected chi connectivity index (χ0v) is 11.8. The molecular formula is C19H19N. The van der Waals surface area contributed by atoms with E-state index in [4.69, 9.17) is 6.42 Å². The smallest absolute Gasteiger partial charge is 0.0354 e. The second-order valence-corrected chi connectivity index (χ2v) is 5.65. The molecule has 100 valence electrons. The molecule has 2 aromatic rings. The van der Waals surface area contributed by atoms with Gasteiger partial charge in [0.15, 0.2) is 0 Å². The number of benzene rings is 2. The van der Waals surface area contributed by atoms with Crippen molar-refractivity contribution in [1.29, 1.82) is 0 Å². The van der Waals surface area contributed by atoms with Gasteiger partial charge in [0, 0.05) is 17.3 Å². The van der Waals surface area contributed by atoms with Gasteiger partial charge in [-0.1, -0.05) is 41.8 Å². The van der Waals surface area contributed by atoms with Crippen LogP contribution < -0.4 is 5.32 Å². The molecule has 1 saturated carbocycles. The Morgan fingerprint density at radius 1 is 1.10 bits per heavy atom. The van der Waals surface area contributed by atoms with Crippen LogP contribution in [0.4, 0.5) is 5.69 Å². The van der Waals surface area contributed by atoms with Crippen molar-refractivity contribution in [3.05, 3.63) is 65.2 Å². The van der Waals surface area contributed by atoms with E-state index in [1.165, 1.54) is 24.0 Å². The number of rotatable bonds is 3. The van der Waals surface area contributed by atoms with Crippen LogP contribution in [-0.4, -0.2) is 6.04 Å². The van der Waals surface area contributed by atoms with Crippen molar-refractivity contribution in [3.8, 4) is 12.3 Å². The van der Waals surface area contributed by atoms with Crippen molar-refractivity contribution >= 4 is 5.69 Å². The normalized spacial score (nSPS) is 20.8. The summed E-state index contributed by atoms with van der Waals surface area (Å²) in [6, 6.07) is 17.5. The number of hydrogen-bond donors (Lipinski definition) is 1. The van der Waals surface area contributed by atoms with E-state index < -0.39 is 0 Å². The van der Waals surface area contributed by atoms with Crippen LogP contribution in [0.3, 0.4) is 0 Å². The molecule has 0 heterocycles. The Morgan fingerprint density at radius 2 is 1.90 bits per heavy atom. The fourth-order valence-corrected chi connectivity index (χ4v) is 2.87. The van der Waals surface area contributed by atoms with Gasteiger partial charge in [-0.15, -0.1) is 6.42 Å². The molecule has 1 nitrogen and oxygen atoms in total. The lowest BCUT2D eigenvalue weighted by Gasteiger charge is -2.37. The second kappa shape index (κ2) is 5.43. The quantitative estimate of drug-likeness (QED) is 0.811. The van der Waals surface area contributed by atoms with E-state index in [1.54, 1.807) is 0 Å². The lowest BCUT2D eigenvalue weighted by Crippen LogP contribution is -2.34. The molecule has 1 aliphatic rings. The van der Waals surface area contributed by atoms with Crippen molar-refractivity contribution in [2.75, 3.05) is 5.32 Å². The minimum Gasteiger partial charge on any atom is -0.382 e. The van der Waals surface area contributed by atoms with E-state index in [0.29, 0.717) is 12.0 Å². The topological polar surface area (TPSA) is 12.0 Å². The van der Waals surface area contributed by atoms with Crippen LogP contribution in [0, 0.1) is 19.3 Å². The summed E-state index contributed by atoms with van der Waals surface area (Å²) in [5, 5.41) is 3.57. The summed E-state index contributed by atoms with van der Waals surface area (Å²) in [6.45, 7) is 2.16. The highest BCUT2D eigenvalue weighted by atomic mass is 14.9. The van der Waals surface area contributed by atoms with E-state index in [1.807, 2.05) is 18.2 Å². The average molecular weight is 261 g/mol. The molecule has 1 aliphatic carbocycles. The van der Waals surface area contributed by atoms with Crippen LogP contribution in [0.2, 0.25) is 0 Å². The van der Waals surface area contributed by atoms with Gasteiger partial charge in [-0.2, -0.15) is 0 Å². The lowest BCUT2D eigenvalue weighted by molar-refractivity contribution is 0.374. The van der Waals surface area contributed by atoms with Crippen molar-refractivity contribution in [2.45, 2.75) is 31.7 Å². The van der Waals surface area contributed by atoms with Gasteiger partial charge in [0.1, 0.15) is 0 Å². The Balaban J connectivity index is 1.59. The molecule has 20 heavy (non-hydrogen) atoms. The summed E-state index contributed by atoms with van der Waals surface area (Å²) in [4.78, 5) is 0. The third kappa shape index (κ3) is 2.70. The highest BCUT2D eigenvalue weighted by Gasteiger charge is 2.30. The predicted octanol–water partition coefficient (Wildman–Crippen LogP) is 4.33. The van der Waals surface area contributed by atoms with E-state index >= 15 is 0 Å². The first kappa shape index (κ1) is 12.8. The molecule has 0 saturated heterocycles. The standard InChI is InChI=1S/C19H19N/c1-3-15-7-5-9-18(11-15)20-19-12-17(13-19)16-8-4-6-14(2)10-16/h1,4-11,17,19-20H,12-13H2,2H3. The number of terminal acetylenes is 1. The van der Waals surface area contributed by atoms with Gasteiger partial charge in [0.25, 0.3) is 0 Å². The fraction of sp³-hybridized carbons (Fsp3) is 0.263. The molecule has 1 heteroatoms. The monoisotopic (exact) mass is 261 g/mol. The van der Waals surface area contributed by atoms with Crippen LogP contribution in [-0.2, 0) is 0 Å². The zero-order chi connectivity index (χ0) is 13.9. The molecule has 0 atom stereocenters. The summed E-state index contributed by atoms with van der Waals surface area (Å²) in [6.07, 6.45) is 7.83. The molecule has 0 radical (unpaired) electrons. The first-order chi connectivity index (χ1) is 9.74. The molecule has 0 aliphatic heterocycles. The molecule has 1 N–H and O–H groups in total. The van der Waals surface area contributed by atoms with Gasteiger partial charge in [0.05, 0.1) is 0 Å². The molecule has 0 bridgehead atoms. The number of hydrogen-bond acceptors (Lipinski definition) is 1. The Kier molecular flexibility index (Phi) is 3.48. The fourth-order valence-electron chi connectivity index (χ4n) is 2.87. The van der Waals surface area contributed by atoms with Gasteiger partial charge >= 0.3 is 0 Å². The van der Waals surface area contributed by atoms with Gasteiger partial charge in [0.2, 0.25) is 0 Å². The second-order valence-electron chi connectivity index (χ2n) is 5.65. The average Bonchev–Trinajstić information content (AvgIpc) is 2.42. The number of nitrogens with one attached hydrogen (secondary N) is 1. The number of aryl methyl sites for hydroxylation is 1. The van der Waals surface area contributed by atoms with Crippen LogP contribution in [0.25, 0.3) is 0 Å². The molecule has 0 unspecified atom stereocenters. The maximum absolute atomic E-state index is 5.43. The summed E-state index contributed by atoms with van der Waals surface area (Å²) >= 11 is 0.